The van der Waals surface area contributed by atoms with Crippen LogP contribution in [0.25, 0.3) is 0 Å². The van der Waals surface area contributed by atoms with Crippen LogP contribution in [0.1, 0.15) is 32.6 Å². The largest absolute Gasteiger partial charge is 0.465 e. The number of carbonyl (C=O) groups is 2. The fourth-order valence-electron chi connectivity index (χ4n) is 3.63. The number of nitrogens with two attached hydrogens (primary N) is 1. The van der Waals surface area contributed by atoms with Gasteiger partial charge in [0.25, 0.3) is 0 Å². The van der Waals surface area contributed by atoms with Crippen molar-refractivity contribution in [3.05, 3.63) is 0 Å². The molecule has 1 saturated heterocycles. The van der Waals surface area contributed by atoms with Gasteiger partial charge in [0.15, 0.2) is 0 Å². The van der Waals surface area contributed by atoms with Crippen molar-refractivity contribution >= 4 is 21.8 Å². The van der Waals surface area contributed by atoms with Crippen molar-refractivity contribution in [1.82, 2.24) is 10.2 Å². The monoisotopic (exact) mass is 347 g/mol. The molecular weight excluding hydrogens is 322 g/mol. The van der Waals surface area contributed by atoms with Crippen molar-refractivity contribution in [2.45, 2.75) is 50.7 Å². The van der Waals surface area contributed by atoms with E-state index in [9.17, 15) is 23.1 Å². The molecule has 0 radical (unpaired) electrons. The van der Waals surface area contributed by atoms with Crippen LogP contribution in [0.3, 0.4) is 0 Å². The fraction of sp³-hybridized carbons (Fsp3) is 0.857. The minimum Gasteiger partial charge on any atom is -0.465 e. The van der Waals surface area contributed by atoms with Gasteiger partial charge in [-0.3, -0.25) is 9.69 Å². The zero-order valence-electron chi connectivity index (χ0n) is 13.3. The number of amides is 2. The molecule has 1 heterocycles. The minimum absolute atomic E-state index is 0.0163. The molecule has 2 fully saturated rings. The molecule has 0 aromatic heterocycles. The first-order chi connectivity index (χ1) is 10.7. The highest BCUT2D eigenvalue weighted by molar-refractivity contribution is 7.91. The fourth-order valence-corrected chi connectivity index (χ4v) is 4.87. The van der Waals surface area contributed by atoms with Crippen LogP contribution in [0.2, 0.25) is 0 Å². The molecule has 0 aromatic carbocycles. The molecule has 9 heteroatoms. The third-order valence-electron chi connectivity index (χ3n) is 4.82. The lowest BCUT2D eigenvalue weighted by atomic mass is 9.81. The molecule has 0 unspecified atom stereocenters. The number of carbonyl (C=O) groups excluding carboxylic acids is 1. The van der Waals surface area contributed by atoms with Gasteiger partial charge in [0.2, 0.25) is 5.91 Å². The van der Waals surface area contributed by atoms with Crippen LogP contribution in [-0.2, 0) is 14.6 Å². The molecule has 132 valence electrons. The second-order valence-electron chi connectivity index (χ2n) is 6.38. The number of nitrogens with one attached hydrogen (secondary N) is 1. The van der Waals surface area contributed by atoms with E-state index in [0.717, 1.165) is 0 Å². The third kappa shape index (κ3) is 4.14. The summed E-state index contributed by atoms with van der Waals surface area (Å²) in [6.45, 7) is 2.02. The van der Waals surface area contributed by atoms with E-state index in [-0.39, 0.29) is 29.4 Å². The summed E-state index contributed by atoms with van der Waals surface area (Å²) >= 11 is 0. The van der Waals surface area contributed by atoms with E-state index >= 15 is 0 Å². The highest BCUT2D eigenvalue weighted by Crippen LogP contribution is 2.32. The highest BCUT2D eigenvalue weighted by atomic mass is 32.2. The lowest BCUT2D eigenvalue weighted by Crippen LogP contribution is -2.56. The molecule has 23 heavy (non-hydrogen) atoms. The van der Waals surface area contributed by atoms with Gasteiger partial charge >= 0.3 is 6.09 Å². The molecule has 0 spiro atoms. The van der Waals surface area contributed by atoms with Gasteiger partial charge < -0.3 is 16.2 Å². The van der Waals surface area contributed by atoms with Gasteiger partial charge in [0, 0.05) is 24.4 Å². The van der Waals surface area contributed by atoms with E-state index in [0.29, 0.717) is 32.2 Å². The molecule has 2 rings (SSSR count). The second-order valence-corrected chi connectivity index (χ2v) is 8.78. The normalized spacial score (nSPS) is 31.7. The first-order valence-electron chi connectivity index (χ1n) is 8.00. The van der Waals surface area contributed by atoms with Crippen molar-refractivity contribution in [1.29, 1.82) is 0 Å². The SMILES string of the molecule is CCS(=O)(=O)C[C@@H]1C[C@H](N)CC[C@@H]1N(C(=O)O)[C@H]1CCNC1=O. The van der Waals surface area contributed by atoms with E-state index in [1.807, 2.05) is 0 Å². The summed E-state index contributed by atoms with van der Waals surface area (Å²) in [5, 5.41) is 12.2. The number of rotatable bonds is 5. The number of carboxylic acid groups (broad SMARTS) is 1. The lowest BCUT2D eigenvalue weighted by Gasteiger charge is -2.42. The molecule has 1 saturated carbocycles. The molecule has 4 atom stereocenters. The van der Waals surface area contributed by atoms with Gasteiger partial charge in [-0.25, -0.2) is 13.2 Å². The van der Waals surface area contributed by atoms with Crippen molar-refractivity contribution in [3.63, 3.8) is 0 Å². The van der Waals surface area contributed by atoms with Crippen LogP contribution >= 0.6 is 0 Å². The van der Waals surface area contributed by atoms with Crippen LogP contribution in [0.5, 0.6) is 0 Å². The van der Waals surface area contributed by atoms with Crippen LogP contribution in [0.15, 0.2) is 0 Å². The Kier molecular flexibility index (Phi) is 5.51. The molecule has 4 N–H and O–H groups in total. The molecule has 1 aliphatic heterocycles. The highest BCUT2D eigenvalue weighted by Gasteiger charge is 2.43. The summed E-state index contributed by atoms with van der Waals surface area (Å²) in [6, 6.07) is -1.35. The smallest absolute Gasteiger partial charge is 0.408 e. The summed E-state index contributed by atoms with van der Waals surface area (Å²) in [7, 11) is -3.25. The quantitative estimate of drug-likeness (QED) is 0.631. The number of nitrogens with zero attached hydrogens (tertiary/aromatic N) is 1. The molecule has 2 aliphatic rings. The van der Waals surface area contributed by atoms with E-state index in [4.69, 9.17) is 5.73 Å². The van der Waals surface area contributed by atoms with E-state index < -0.39 is 28.0 Å². The Hall–Kier alpha value is -1.35. The van der Waals surface area contributed by atoms with Crippen molar-refractivity contribution in [3.8, 4) is 0 Å². The molecule has 8 nitrogen and oxygen atoms in total. The topological polar surface area (TPSA) is 130 Å². The number of sulfone groups is 1. The van der Waals surface area contributed by atoms with Crippen LogP contribution in [0.4, 0.5) is 4.79 Å². The van der Waals surface area contributed by atoms with Gasteiger partial charge in [-0.05, 0) is 31.6 Å². The molecule has 2 amide bonds. The Labute approximate surface area is 136 Å². The Morgan fingerprint density at radius 3 is 2.61 bits per heavy atom. The molecule has 1 aliphatic carbocycles. The van der Waals surface area contributed by atoms with E-state index in [1.165, 1.54) is 4.90 Å². The zero-order chi connectivity index (χ0) is 17.2. The van der Waals surface area contributed by atoms with Crippen molar-refractivity contribution in [2.75, 3.05) is 18.1 Å². The first kappa shape index (κ1) is 18.0. The van der Waals surface area contributed by atoms with Crippen molar-refractivity contribution in [2.24, 2.45) is 11.7 Å². The summed E-state index contributed by atoms with van der Waals surface area (Å²) in [6.07, 6.45) is 0.821. The van der Waals surface area contributed by atoms with Gasteiger partial charge in [0.05, 0.1) is 5.75 Å². The predicted molar refractivity (Wildman–Crippen MR) is 84.7 cm³/mol. The first-order valence-corrected chi connectivity index (χ1v) is 9.82. The average Bonchev–Trinajstić information content (AvgIpc) is 2.87. The van der Waals surface area contributed by atoms with Crippen molar-refractivity contribution < 1.29 is 23.1 Å². The Balaban J connectivity index is 2.26. The zero-order valence-corrected chi connectivity index (χ0v) is 14.1. The van der Waals surface area contributed by atoms with E-state index in [2.05, 4.69) is 5.32 Å². The van der Waals surface area contributed by atoms with Gasteiger partial charge in [-0.2, -0.15) is 0 Å². The number of hydrogen-bond acceptors (Lipinski definition) is 5. The standard InChI is InChI=1S/C14H25N3O5S/c1-2-23(21,22)8-9-7-10(15)3-4-11(9)17(14(19)20)12-5-6-16-13(12)18/h9-12H,2-8,15H2,1H3,(H,16,18)(H,19,20)/t9-,10+,11-,12-/m0/s1. The summed E-state index contributed by atoms with van der Waals surface area (Å²) in [5.41, 5.74) is 5.96. The van der Waals surface area contributed by atoms with E-state index in [1.54, 1.807) is 6.92 Å². The summed E-state index contributed by atoms with van der Waals surface area (Å²) in [4.78, 5) is 24.8. The van der Waals surface area contributed by atoms with Gasteiger partial charge in [-0.15, -0.1) is 0 Å². The maximum Gasteiger partial charge on any atom is 0.408 e. The summed E-state index contributed by atoms with van der Waals surface area (Å²) < 4.78 is 24.0. The predicted octanol–water partition coefficient (Wildman–Crippen LogP) is -0.214. The van der Waals surface area contributed by atoms with Crippen LogP contribution < -0.4 is 11.1 Å². The Bertz CT molecular complexity index is 565. The second kappa shape index (κ2) is 7.04. The molecule has 0 bridgehead atoms. The average molecular weight is 347 g/mol. The minimum atomic E-state index is -3.25. The van der Waals surface area contributed by atoms with Crippen LogP contribution in [-0.4, -0.2) is 66.6 Å². The number of hydrogen-bond donors (Lipinski definition) is 3. The third-order valence-corrected chi connectivity index (χ3v) is 6.64. The molecule has 0 aromatic rings. The lowest BCUT2D eigenvalue weighted by molar-refractivity contribution is -0.124. The molecular formula is C14H25N3O5S. The summed E-state index contributed by atoms with van der Waals surface area (Å²) in [5.74, 6) is -0.741. The Morgan fingerprint density at radius 2 is 2.09 bits per heavy atom. The Morgan fingerprint density at radius 1 is 1.39 bits per heavy atom. The maximum atomic E-state index is 12.0. The van der Waals surface area contributed by atoms with Gasteiger partial charge in [-0.1, -0.05) is 6.92 Å². The van der Waals surface area contributed by atoms with Gasteiger partial charge in [0.1, 0.15) is 15.9 Å². The maximum absolute atomic E-state index is 12.0. The van der Waals surface area contributed by atoms with Crippen LogP contribution in [0, 0.1) is 5.92 Å².